The highest BCUT2D eigenvalue weighted by Gasteiger charge is 2.51. The summed E-state index contributed by atoms with van der Waals surface area (Å²) in [6.45, 7) is 3.62. The summed E-state index contributed by atoms with van der Waals surface area (Å²) in [5.74, 6) is 0. The highest BCUT2D eigenvalue weighted by molar-refractivity contribution is 5.85. The van der Waals surface area contributed by atoms with Gasteiger partial charge in [-0.25, -0.2) is 0 Å². The Kier molecular flexibility index (Phi) is 10.8. The fourth-order valence-corrected chi connectivity index (χ4v) is 6.26. The van der Waals surface area contributed by atoms with Gasteiger partial charge in [-0.3, -0.25) is 0 Å². The molecule has 1 unspecified atom stereocenters. The van der Waals surface area contributed by atoms with Crippen molar-refractivity contribution < 1.29 is 4.74 Å². The Balaban J connectivity index is 0.00000160. The predicted octanol–water partition coefficient (Wildman–Crippen LogP) is 6.48. The number of benzene rings is 1. The summed E-state index contributed by atoms with van der Waals surface area (Å²) < 4.78 is 6.04. The van der Waals surface area contributed by atoms with E-state index in [4.69, 9.17) is 4.74 Å². The second-order valence-corrected chi connectivity index (χ2v) is 9.35. The monoisotopic (exact) mass is 456 g/mol. The summed E-state index contributed by atoms with van der Waals surface area (Å²) in [4.78, 5) is 5.53. The normalized spacial score (nSPS) is 26.0. The predicted molar refractivity (Wildman–Crippen MR) is 133 cm³/mol. The molecule has 1 atom stereocenters. The minimum atomic E-state index is 0. The fourth-order valence-electron chi connectivity index (χ4n) is 6.26. The lowest BCUT2D eigenvalue weighted by molar-refractivity contribution is 0.00977. The van der Waals surface area contributed by atoms with E-state index in [1.165, 1.54) is 89.4 Å². The van der Waals surface area contributed by atoms with Gasteiger partial charge in [0.15, 0.2) is 0 Å². The van der Waals surface area contributed by atoms with Crippen LogP contribution in [-0.2, 0) is 4.74 Å². The molecular formula is C25H42Cl2N2O. The van der Waals surface area contributed by atoms with Crippen molar-refractivity contribution in [1.82, 2.24) is 4.90 Å². The van der Waals surface area contributed by atoms with E-state index in [9.17, 15) is 0 Å². The molecule has 30 heavy (non-hydrogen) atoms. The van der Waals surface area contributed by atoms with Crippen molar-refractivity contribution >= 4 is 30.5 Å². The molecule has 1 saturated carbocycles. The van der Waals surface area contributed by atoms with Crippen LogP contribution >= 0.6 is 24.8 Å². The minimum absolute atomic E-state index is 0. The molecule has 0 amide bonds. The minimum Gasteiger partial charge on any atom is -0.379 e. The summed E-state index contributed by atoms with van der Waals surface area (Å²) in [5.41, 5.74) is 1.58. The topological polar surface area (TPSA) is 15.7 Å². The van der Waals surface area contributed by atoms with Gasteiger partial charge in [-0.1, -0.05) is 63.1 Å². The van der Waals surface area contributed by atoms with Crippen molar-refractivity contribution in [3.05, 3.63) is 30.3 Å². The van der Waals surface area contributed by atoms with E-state index in [-0.39, 0.29) is 30.4 Å². The Morgan fingerprint density at radius 1 is 0.767 bits per heavy atom. The lowest BCUT2D eigenvalue weighted by Gasteiger charge is -2.50. The quantitative estimate of drug-likeness (QED) is 0.517. The Morgan fingerprint density at radius 2 is 1.33 bits per heavy atom. The average Bonchev–Trinajstić information content (AvgIpc) is 3.10. The van der Waals surface area contributed by atoms with Gasteiger partial charge < -0.3 is 14.5 Å². The first kappa shape index (κ1) is 25.8. The zero-order valence-corrected chi connectivity index (χ0v) is 20.4. The van der Waals surface area contributed by atoms with Crippen LogP contribution in [0.15, 0.2) is 30.3 Å². The summed E-state index contributed by atoms with van der Waals surface area (Å²) >= 11 is 0. The Morgan fingerprint density at radius 3 is 1.90 bits per heavy atom. The molecule has 3 fully saturated rings. The molecule has 0 aromatic heterocycles. The van der Waals surface area contributed by atoms with Crippen molar-refractivity contribution in [2.24, 2.45) is 0 Å². The summed E-state index contributed by atoms with van der Waals surface area (Å²) in [7, 11) is 1.93. The molecule has 0 N–H and O–H groups in total. The van der Waals surface area contributed by atoms with Crippen LogP contribution < -0.4 is 4.90 Å². The van der Waals surface area contributed by atoms with Crippen LogP contribution in [0.4, 0.5) is 5.69 Å². The SMILES string of the molecule is COC1CCN(c2ccccc2)C12CCN(C1CCCCCCCCC1)CC2.Cl.Cl. The third-order valence-corrected chi connectivity index (χ3v) is 7.86. The molecule has 3 aliphatic rings. The molecule has 2 saturated heterocycles. The van der Waals surface area contributed by atoms with Gasteiger partial charge in [0.2, 0.25) is 0 Å². The van der Waals surface area contributed by atoms with Gasteiger partial charge in [0.1, 0.15) is 0 Å². The van der Waals surface area contributed by atoms with Gasteiger partial charge in [-0.15, -0.1) is 24.8 Å². The zero-order valence-electron chi connectivity index (χ0n) is 18.8. The summed E-state index contributed by atoms with van der Waals surface area (Å²) in [6, 6.07) is 11.9. The second kappa shape index (κ2) is 12.5. The standard InChI is InChI=1S/C25H40N2O.2ClH/c1-28-24-16-19-27(23-14-10-7-11-15-23)25(24)17-20-26(21-18-25)22-12-8-5-3-2-4-6-9-13-22;;/h7,10-11,14-15,22,24H,2-6,8-9,12-13,16-21H2,1H3;2*1H. The van der Waals surface area contributed by atoms with Gasteiger partial charge in [0.25, 0.3) is 0 Å². The lowest BCUT2D eigenvalue weighted by atomic mass is 9.81. The van der Waals surface area contributed by atoms with Crippen molar-refractivity contribution in [1.29, 1.82) is 0 Å². The van der Waals surface area contributed by atoms with E-state index in [1.807, 2.05) is 7.11 Å². The van der Waals surface area contributed by atoms with Crippen LogP contribution in [-0.4, -0.2) is 49.3 Å². The number of piperidine rings is 1. The number of halogens is 2. The van der Waals surface area contributed by atoms with E-state index >= 15 is 0 Å². The number of hydrogen-bond donors (Lipinski definition) is 0. The summed E-state index contributed by atoms with van der Waals surface area (Å²) in [5, 5.41) is 0. The maximum absolute atomic E-state index is 6.04. The van der Waals surface area contributed by atoms with Gasteiger partial charge in [0.05, 0.1) is 11.6 Å². The highest BCUT2D eigenvalue weighted by atomic mass is 35.5. The smallest absolute Gasteiger partial charge is 0.0820 e. The van der Waals surface area contributed by atoms with Crippen LogP contribution in [0.3, 0.4) is 0 Å². The first-order valence-corrected chi connectivity index (χ1v) is 11.9. The summed E-state index contributed by atoms with van der Waals surface area (Å²) in [6.07, 6.45) is 17.0. The van der Waals surface area contributed by atoms with Crippen molar-refractivity contribution in [2.75, 3.05) is 31.6 Å². The van der Waals surface area contributed by atoms with Crippen molar-refractivity contribution in [2.45, 2.75) is 94.7 Å². The van der Waals surface area contributed by atoms with E-state index < -0.39 is 0 Å². The van der Waals surface area contributed by atoms with E-state index in [1.54, 1.807) is 0 Å². The molecule has 5 heteroatoms. The maximum Gasteiger partial charge on any atom is 0.0820 e. The highest BCUT2D eigenvalue weighted by Crippen LogP contribution is 2.43. The number of hydrogen-bond acceptors (Lipinski definition) is 3. The molecule has 2 aliphatic heterocycles. The van der Waals surface area contributed by atoms with Crippen LogP contribution in [0.1, 0.15) is 77.0 Å². The molecule has 0 bridgehead atoms. The van der Waals surface area contributed by atoms with Gasteiger partial charge in [0, 0.05) is 38.5 Å². The zero-order chi connectivity index (χ0) is 19.2. The van der Waals surface area contributed by atoms with E-state index in [0.717, 1.165) is 19.0 Å². The number of likely N-dealkylation sites (tertiary alicyclic amines) is 1. The molecule has 0 radical (unpaired) electrons. The van der Waals surface area contributed by atoms with Crippen LogP contribution in [0.5, 0.6) is 0 Å². The molecule has 3 nitrogen and oxygen atoms in total. The molecule has 1 aromatic carbocycles. The number of nitrogens with zero attached hydrogens (tertiary/aromatic N) is 2. The average molecular weight is 458 g/mol. The van der Waals surface area contributed by atoms with Crippen molar-refractivity contribution in [3.8, 4) is 0 Å². The number of methoxy groups -OCH3 is 1. The second-order valence-electron chi connectivity index (χ2n) is 9.35. The van der Waals surface area contributed by atoms with Gasteiger partial charge in [-0.2, -0.15) is 0 Å². The number of anilines is 1. The molecule has 1 aliphatic carbocycles. The lowest BCUT2D eigenvalue weighted by Crippen LogP contribution is -2.59. The van der Waals surface area contributed by atoms with E-state index in [2.05, 4.69) is 40.1 Å². The number of ether oxygens (including phenoxy) is 1. The van der Waals surface area contributed by atoms with Crippen LogP contribution in [0.25, 0.3) is 0 Å². The largest absolute Gasteiger partial charge is 0.379 e. The fraction of sp³-hybridized carbons (Fsp3) is 0.760. The molecule has 1 spiro atoms. The first-order valence-electron chi connectivity index (χ1n) is 11.9. The van der Waals surface area contributed by atoms with Gasteiger partial charge in [-0.05, 0) is 44.2 Å². The molecular weight excluding hydrogens is 415 g/mol. The van der Waals surface area contributed by atoms with Crippen LogP contribution in [0.2, 0.25) is 0 Å². The third-order valence-electron chi connectivity index (χ3n) is 7.86. The Hall–Kier alpha value is -0.480. The molecule has 4 rings (SSSR count). The first-order chi connectivity index (χ1) is 13.8. The molecule has 172 valence electrons. The van der Waals surface area contributed by atoms with Gasteiger partial charge >= 0.3 is 0 Å². The third kappa shape index (κ3) is 5.65. The Bertz CT molecular complexity index is 582. The maximum atomic E-state index is 6.04. The molecule has 1 aromatic rings. The number of para-hydroxylation sites is 1. The van der Waals surface area contributed by atoms with Crippen molar-refractivity contribution in [3.63, 3.8) is 0 Å². The van der Waals surface area contributed by atoms with Crippen LogP contribution in [0, 0.1) is 0 Å². The Labute approximate surface area is 196 Å². The number of rotatable bonds is 3. The van der Waals surface area contributed by atoms with E-state index in [0.29, 0.717) is 6.10 Å². The molecule has 2 heterocycles.